The van der Waals surface area contributed by atoms with Gasteiger partial charge < -0.3 is 10.6 Å². The summed E-state index contributed by atoms with van der Waals surface area (Å²) in [5, 5.41) is 10.4. The Morgan fingerprint density at radius 2 is 2.03 bits per heavy atom. The van der Waals surface area contributed by atoms with Gasteiger partial charge in [0.2, 0.25) is 0 Å². The lowest BCUT2D eigenvalue weighted by Crippen LogP contribution is -2.36. The molecular formula is C22H24N4O2S. The zero-order chi connectivity index (χ0) is 20.4. The number of imidazole rings is 1. The molecule has 29 heavy (non-hydrogen) atoms. The van der Waals surface area contributed by atoms with Gasteiger partial charge in [-0.25, -0.2) is 4.79 Å². The lowest BCUT2D eigenvalue weighted by atomic mass is 9.86. The molecule has 1 unspecified atom stereocenters. The molecule has 3 aromatic rings. The van der Waals surface area contributed by atoms with Crippen LogP contribution in [0.2, 0.25) is 0 Å². The van der Waals surface area contributed by atoms with Crippen LogP contribution in [0.25, 0.3) is 11.8 Å². The van der Waals surface area contributed by atoms with Crippen LogP contribution < -0.4 is 16.3 Å². The Bertz CT molecular complexity index is 1110. The molecule has 0 saturated heterocycles. The van der Waals surface area contributed by atoms with Crippen LogP contribution in [0, 0.1) is 0 Å². The number of rotatable bonds is 3. The number of anilines is 1. The molecule has 2 aliphatic heterocycles. The van der Waals surface area contributed by atoms with Crippen molar-refractivity contribution in [1.82, 2.24) is 14.9 Å². The number of amides is 1. The van der Waals surface area contributed by atoms with Gasteiger partial charge in [-0.15, -0.1) is 0 Å². The highest BCUT2D eigenvalue weighted by Crippen LogP contribution is 2.30. The van der Waals surface area contributed by atoms with Gasteiger partial charge in [0, 0.05) is 24.6 Å². The number of carbonyl (C=O) groups is 1. The van der Waals surface area contributed by atoms with Crippen LogP contribution >= 0.6 is 11.3 Å². The molecule has 1 amide bonds. The van der Waals surface area contributed by atoms with Crippen molar-refractivity contribution in [3.8, 4) is 5.69 Å². The third kappa shape index (κ3) is 3.53. The van der Waals surface area contributed by atoms with Crippen LogP contribution in [0.3, 0.4) is 0 Å². The van der Waals surface area contributed by atoms with Crippen LogP contribution in [0.15, 0.2) is 45.9 Å². The Hall–Kier alpha value is -3.06. The van der Waals surface area contributed by atoms with Gasteiger partial charge in [0.1, 0.15) is 5.82 Å². The first-order chi connectivity index (χ1) is 14.2. The lowest BCUT2D eigenvalue weighted by Gasteiger charge is -2.26. The summed E-state index contributed by atoms with van der Waals surface area (Å²) < 4.78 is 1.66. The zero-order valence-electron chi connectivity index (χ0n) is 16.5. The standard InChI is InChI=1S/C20H18N4O2S.C2H6/c25-19-15-4-3-14(24-17-2-1-6-21-18(17)23-20(24)26)9-16(15)13(10-22-19)8-12-5-7-27-11-12;1-2/h1-5,7,9,11,13,21H,6,8,10H2,(H,22,25)(H,23,26);1-2H3. The Balaban J connectivity index is 0.000000994. The SMILES string of the molecule is CC.O=C1NCC(Cc2ccsc2)c2cc(-n3c4c([nH]c3=O)NCC=C4)ccc21. The van der Waals surface area contributed by atoms with Crippen LogP contribution in [0.4, 0.5) is 5.82 Å². The van der Waals surface area contributed by atoms with E-state index in [-0.39, 0.29) is 17.5 Å². The van der Waals surface area contributed by atoms with Gasteiger partial charge in [0.25, 0.3) is 5.91 Å². The molecule has 4 heterocycles. The predicted molar refractivity (Wildman–Crippen MR) is 118 cm³/mol. The van der Waals surface area contributed by atoms with E-state index in [1.54, 1.807) is 15.9 Å². The smallest absolute Gasteiger partial charge is 0.332 e. The molecule has 0 radical (unpaired) electrons. The van der Waals surface area contributed by atoms with E-state index < -0.39 is 0 Å². The number of nitrogens with zero attached hydrogens (tertiary/aromatic N) is 1. The lowest BCUT2D eigenvalue weighted by molar-refractivity contribution is 0.0940. The molecule has 3 N–H and O–H groups in total. The number of carbonyl (C=O) groups excluding carboxylic acids is 1. The van der Waals surface area contributed by atoms with Crippen molar-refractivity contribution in [3.63, 3.8) is 0 Å². The molecule has 0 saturated carbocycles. The first-order valence-electron chi connectivity index (χ1n) is 9.90. The number of H-pyrrole nitrogens is 1. The highest BCUT2D eigenvalue weighted by atomic mass is 32.1. The minimum Gasteiger partial charge on any atom is -0.366 e. The normalized spacial score (nSPS) is 16.8. The van der Waals surface area contributed by atoms with Crippen LogP contribution in [-0.2, 0) is 6.42 Å². The molecule has 7 heteroatoms. The maximum atomic E-state index is 12.5. The van der Waals surface area contributed by atoms with Crippen molar-refractivity contribution >= 4 is 29.1 Å². The fourth-order valence-electron chi connectivity index (χ4n) is 3.86. The van der Waals surface area contributed by atoms with E-state index in [4.69, 9.17) is 0 Å². The summed E-state index contributed by atoms with van der Waals surface area (Å²) in [6, 6.07) is 7.77. The van der Waals surface area contributed by atoms with Crippen LogP contribution in [-0.4, -0.2) is 28.5 Å². The first-order valence-corrected chi connectivity index (χ1v) is 10.8. The van der Waals surface area contributed by atoms with Gasteiger partial charge in [-0.1, -0.05) is 19.9 Å². The molecule has 5 rings (SSSR count). The molecule has 1 atom stereocenters. The number of hydrogen-bond acceptors (Lipinski definition) is 4. The summed E-state index contributed by atoms with van der Waals surface area (Å²) in [6.07, 6.45) is 4.79. The van der Waals surface area contributed by atoms with Crippen molar-refractivity contribution in [1.29, 1.82) is 0 Å². The van der Waals surface area contributed by atoms with E-state index in [2.05, 4.69) is 32.4 Å². The Kier molecular flexibility index (Phi) is 5.40. The summed E-state index contributed by atoms with van der Waals surface area (Å²) in [7, 11) is 0. The van der Waals surface area contributed by atoms with Crippen LogP contribution in [0.1, 0.15) is 46.9 Å². The van der Waals surface area contributed by atoms with Gasteiger partial charge in [0.15, 0.2) is 0 Å². The number of hydrogen-bond donors (Lipinski definition) is 3. The molecule has 2 aromatic heterocycles. The van der Waals surface area contributed by atoms with E-state index in [1.807, 2.05) is 44.2 Å². The van der Waals surface area contributed by atoms with Crippen molar-refractivity contribution in [3.05, 3.63) is 74.0 Å². The maximum Gasteiger partial charge on any atom is 0.332 e. The highest BCUT2D eigenvalue weighted by Gasteiger charge is 2.27. The Morgan fingerprint density at radius 1 is 1.17 bits per heavy atom. The zero-order valence-corrected chi connectivity index (χ0v) is 17.3. The van der Waals surface area contributed by atoms with Crippen LogP contribution in [0.5, 0.6) is 0 Å². The van der Waals surface area contributed by atoms with Crippen molar-refractivity contribution in [2.24, 2.45) is 0 Å². The first kappa shape index (κ1) is 19.3. The van der Waals surface area contributed by atoms with Gasteiger partial charge >= 0.3 is 5.69 Å². The molecule has 0 spiro atoms. The number of aromatic amines is 1. The summed E-state index contributed by atoms with van der Waals surface area (Å²) in [5.41, 5.74) is 4.35. The van der Waals surface area contributed by atoms with Crippen molar-refractivity contribution in [2.45, 2.75) is 26.2 Å². The highest BCUT2D eigenvalue weighted by molar-refractivity contribution is 7.07. The third-order valence-electron chi connectivity index (χ3n) is 5.15. The number of nitrogens with one attached hydrogen (secondary N) is 3. The van der Waals surface area contributed by atoms with E-state index >= 15 is 0 Å². The van der Waals surface area contributed by atoms with E-state index in [0.717, 1.165) is 29.2 Å². The molecule has 0 aliphatic carbocycles. The molecule has 6 nitrogen and oxygen atoms in total. The van der Waals surface area contributed by atoms with E-state index in [1.165, 1.54) is 5.56 Å². The molecular weight excluding hydrogens is 384 g/mol. The third-order valence-corrected chi connectivity index (χ3v) is 5.89. The molecule has 150 valence electrons. The summed E-state index contributed by atoms with van der Waals surface area (Å²) in [5.74, 6) is 0.863. The second-order valence-corrected chi connectivity index (χ2v) is 7.60. The van der Waals surface area contributed by atoms with Crippen molar-refractivity contribution in [2.75, 3.05) is 18.4 Å². The fraction of sp³-hybridized carbons (Fsp3) is 0.273. The van der Waals surface area contributed by atoms with Gasteiger partial charge in [-0.2, -0.15) is 11.3 Å². The Labute approximate surface area is 173 Å². The quantitative estimate of drug-likeness (QED) is 0.617. The van der Waals surface area contributed by atoms with Gasteiger partial charge in [-0.05, 0) is 58.6 Å². The van der Waals surface area contributed by atoms with Crippen molar-refractivity contribution < 1.29 is 4.79 Å². The predicted octanol–water partition coefficient (Wildman–Crippen LogP) is 3.76. The average Bonchev–Trinajstić information content (AvgIpc) is 3.38. The monoisotopic (exact) mass is 408 g/mol. The largest absolute Gasteiger partial charge is 0.366 e. The van der Waals surface area contributed by atoms with Gasteiger partial charge in [0.05, 0.1) is 11.4 Å². The molecule has 0 bridgehead atoms. The van der Waals surface area contributed by atoms with E-state index in [0.29, 0.717) is 18.7 Å². The van der Waals surface area contributed by atoms with Gasteiger partial charge in [-0.3, -0.25) is 14.3 Å². The summed E-state index contributed by atoms with van der Waals surface area (Å²) in [6.45, 7) is 5.30. The van der Waals surface area contributed by atoms with E-state index in [9.17, 15) is 9.59 Å². The number of thiophene rings is 1. The molecule has 1 aromatic carbocycles. The second kappa shape index (κ2) is 8.13. The minimum absolute atomic E-state index is 0.0527. The summed E-state index contributed by atoms with van der Waals surface area (Å²) in [4.78, 5) is 27.7. The maximum absolute atomic E-state index is 12.5. The molecule has 0 fully saturated rings. The number of benzene rings is 1. The number of aromatic nitrogens is 2. The fourth-order valence-corrected chi connectivity index (χ4v) is 4.54. The average molecular weight is 409 g/mol. The summed E-state index contributed by atoms with van der Waals surface area (Å²) >= 11 is 1.68. The number of fused-ring (bicyclic) bond motifs is 2. The second-order valence-electron chi connectivity index (χ2n) is 6.82. The Morgan fingerprint density at radius 3 is 2.83 bits per heavy atom. The minimum atomic E-state index is -0.186. The molecule has 2 aliphatic rings. The topological polar surface area (TPSA) is 78.9 Å².